The Balaban J connectivity index is 1.99. The van der Waals surface area contributed by atoms with E-state index in [1.165, 1.54) is 24.5 Å². The van der Waals surface area contributed by atoms with Gasteiger partial charge in [0.25, 0.3) is 10.0 Å². The van der Waals surface area contributed by atoms with Crippen molar-refractivity contribution in [2.24, 2.45) is 5.92 Å². The Morgan fingerprint density at radius 1 is 1.14 bits per heavy atom. The molecule has 0 aliphatic rings. The number of carboxylic acid groups (broad SMARTS) is 1. The lowest BCUT2D eigenvalue weighted by atomic mass is 10.1. The zero-order valence-electron chi connectivity index (χ0n) is 19.4. The van der Waals surface area contributed by atoms with Crippen molar-refractivity contribution in [3.63, 3.8) is 0 Å². The second-order valence-corrected chi connectivity index (χ2v) is 10.0. The molecule has 0 fully saturated rings. The lowest BCUT2D eigenvalue weighted by molar-refractivity contribution is -0.137. The first-order chi connectivity index (χ1) is 16.9. The molecular weight excluding hydrogens is 499 g/mol. The monoisotopic (exact) mass is 523 g/mol. The smallest absolute Gasteiger partial charge is 0.416 e. The maximum Gasteiger partial charge on any atom is 0.416 e. The zero-order valence-corrected chi connectivity index (χ0v) is 20.2. The molecule has 3 rings (SSSR count). The third-order valence-electron chi connectivity index (χ3n) is 4.92. The molecule has 2 aromatic carbocycles. The quantitative estimate of drug-likeness (QED) is 0.336. The van der Waals surface area contributed by atoms with Gasteiger partial charge >= 0.3 is 12.1 Å². The molecular formula is C25H24F3NO6S. The number of hydrogen-bond donors (Lipinski definition) is 1. The van der Waals surface area contributed by atoms with E-state index in [-0.39, 0.29) is 35.6 Å². The summed E-state index contributed by atoms with van der Waals surface area (Å²) in [6.45, 7) is 3.36. The zero-order chi connectivity index (χ0) is 26.5. The Bertz CT molecular complexity index is 1310. The number of alkyl halides is 3. The van der Waals surface area contributed by atoms with Gasteiger partial charge in [-0.25, -0.2) is 4.79 Å². The highest BCUT2D eigenvalue weighted by Gasteiger charge is 2.34. The van der Waals surface area contributed by atoms with Crippen molar-refractivity contribution >= 4 is 27.8 Å². The molecule has 36 heavy (non-hydrogen) atoms. The van der Waals surface area contributed by atoms with E-state index in [0.29, 0.717) is 11.1 Å². The summed E-state index contributed by atoms with van der Waals surface area (Å²) in [5, 5.41) is 8.37. The van der Waals surface area contributed by atoms with Crippen molar-refractivity contribution < 1.29 is 40.6 Å². The molecule has 0 saturated heterocycles. The van der Waals surface area contributed by atoms with Gasteiger partial charge in [0.1, 0.15) is 12.4 Å². The van der Waals surface area contributed by atoms with Crippen LogP contribution in [0.15, 0.2) is 76.4 Å². The summed E-state index contributed by atoms with van der Waals surface area (Å²) < 4.78 is 78.7. The van der Waals surface area contributed by atoms with Crippen LogP contribution in [0, 0.1) is 5.92 Å². The lowest BCUT2D eigenvalue weighted by Crippen LogP contribution is -2.34. The minimum atomic E-state index is -4.67. The molecule has 192 valence electrons. The van der Waals surface area contributed by atoms with Crippen molar-refractivity contribution in [1.29, 1.82) is 0 Å². The number of ether oxygens (including phenoxy) is 1. The van der Waals surface area contributed by atoms with E-state index in [9.17, 15) is 26.4 Å². The fourth-order valence-electron chi connectivity index (χ4n) is 3.24. The normalized spacial score (nSPS) is 12.3. The molecule has 11 heteroatoms. The molecule has 0 aliphatic carbocycles. The molecule has 0 unspecified atom stereocenters. The van der Waals surface area contributed by atoms with Crippen molar-refractivity contribution in [2.45, 2.75) is 31.7 Å². The molecule has 0 amide bonds. The van der Waals surface area contributed by atoms with Gasteiger partial charge in [0.2, 0.25) is 5.09 Å². The number of sulfonamides is 1. The fourth-order valence-corrected chi connectivity index (χ4v) is 4.79. The fraction of sp³-hybridized carbons (Fsp3) is 0.240. The van der Waals surface area contributed by atoms with Gasteiger partial charge in [0.15, 0.2) is 0 Å². The highest BCUT2D eigenvalue weighted by Crippen LogP contribution is 2.39. The molecule has 0 aliphatic heterocycles. The summed E-state index contributed by atoms with van der Waals surface area (Å²) in [6.07, 6.45) is -1.11. The van der Waals surface area contributed by atoms with Crippen LogP contribution in [0.2, 0.25) is 0 Å². The van der Waals surface area contributed by atoms with Gasteiger partial charge < -0.3 is 14.3 Å². The number of anilines is 1. The van der Waals surface area contributed by atoms with E-state index in [2.05, 4.69) is 0 Å². The Labute approximate surface area is 206 Å². The molecule has 7 nitrogen and oxygen atoms in total. The maximum absolute atomic E-state index is 13.5. The number of furan rings is 1. The molecule has 0 spiro atoms. The van der Waals surface area contributed by atoms with E-state index in [4.69, 9.17) is 14.3 Å². The summed E-state index contributed by atoms with van der Waals surface area (Å²) in [4.78, 5) is 10.7. The average Bonchev–Trinajstić information content (AvgIpc) is 3.36. The van der Waals surface area contributed by atoms with E-state index in [0.717, 1.165) is 28.6 Å². The van der Waals surface area contributed by atoms with Gasteiger partial charge in [-0.1, -0.05) is 38.1 Å². The minimum Gasteiger partial charge on any atom is -0.487 e. The topological polar surface area (TPSA) is 97.0 Å². The number of aliphatic carboxylic acids is 1. The summed E-state index contributed by atoms with van der Waals surface area (Å²) in [7, 11) is -4.23. The molecule has 0 radical (unpaired) electrons. The Hall–Kier alpha value is -3.73. The molecule has 1 heterocycles. The molecule has 0 saturated carbocycles. The van der Waals surface area contributed by atoms with Crippen LogP contribution >= 0.6 is 0 Å². The number of halogens is 3. The summed E-state index contributed by atoms with van der Waals surface area (Å²) in [5.74, 6) is -1.54. The highest BCUT2D eigenvalue weighted by molar-refractivity contribution is 7.92. The van der Waals surface area contributed by atoms with Crippen LogP contribution in [0.4, 0.5) is 18.9 Å². The summed E-state index contributed by atoms with van der Waals surface area (Å²) in [5.41, 5.74) is 0.133. The van der Waals surface area contributed by atoms with Crippen molar-refractivity contribution in [1.82, 2.24) is 0 Å². The first kappa shape index (κ1) is 26.9. The van der Waals surface area contributed by atoms with Crippen molar-refractivity contribution in [3.05, 3.63) is 83.6 Å². The van der Waals surface area contributed by atoms with Gasteiger partial charge in [-0.3, -0.25) is 4.31 Å². The number of carboxylic acids is 1. The highest BCUT2D eigenvalue weighted by atomic mass is 32.2. The average molecular weight is 524 g/mol. The maximum atomic E-state index is 13.5. The van der Waals surface area contributed by atoms with E-state index < -0.39 is 27.7 Å². The van der Waals surface area contributed by atoms with Crippen molar-refractivity contribution in [2.75, 3.05) is 10.8 Å². The largest absolute Gasteiger partial charge is 0.487 e. The first-order valence-electron chi connectivity index (χ1n) is 10.8. The van der Waals surface area contributed by atoms with Gasteiger partial charge in [-0.2, -0.15) is 21.6 Å². The number of carbonyl (C=O) groups is 1. The van der Waals surface area contributed by atoms with Gasteiger partial charge in [0, 0.05) is 12.6 Å². The Morgan fingerprint density at radius 2 is 1.83 bits per heavy atom. The van der Waals surface area contributed by atoms with Gasteiger partial charge in [0.05, 0.1) is 17.5 Å². The standard InChI is InChI=1S/C25H24F3NO6S/c1-17(2)15-29(36(32,33)24-4-3-13-34-24)21-11-10-20(25(26,27)28)14-22(21)35-16-19-7-5-18(6-8-19)9-12-23(30)31/h3-14,17H,15-16H2,1-2H3,(H,30,31). The Kier molecular flexibility index (Phi) is 8.13. The SMILES string of the molecule is CC(C)CN(c1ccc(C(F)(F)F)cc1OCc1ccc(C=CC(=O)O)cc1)S(=O)(=O)c1ccco1. The van der Waals surface area contributed by atoms with Gasteiger partial charge in [-0.15, -0.1) is 0 Å². The first-order valence-corrected chi connectivity index (χ1v) is 12.2. The number of hydrogen-bond acceptors (Lipinski definition) is 5. The van der Waals surface area contributed by atoms with Crippen LogP contribution in [-0.2, 0) is 27.6 Å². The lowest BCUT2D eigenvalue weighted by Gasteiger charge is -2.27. The molecule has 0 bridgehead atoms. The van der Waals surface area contributed by atoms with Crippen LogP contribution in [0.25, 0.3) is 6.08 Å². The van der Waals surface area contributed by atoms with E-state index in [1.54, 1.807) is 38.1 Å². The van der Waals surface area contributed by atoms with E-state index >= 15 is 0 Å². The predicted molar refractivity (Wildman–Crippen MR) is 127 cm³/mol. The Morgan fingerprint density at radius 3 is 2.39 bits per heavy atom. The van der Waals surface area contributed by atoms with Gasteiger partial charge in [-0.05, 0) is 53.5 Å². The predicted octanol–water partition coefficient (Wildman–Crippen LogP) is 5.83. The molecule has 0 atom stereocenters. The molecule has 1 aromatic heterocycles. The van der Waals surface area contributed by atoms with Crippen LogP contribution in [0.5, 0.6) is 5.75 Å². The summed E-state index contributed by atoms with van der Waals surface area (Å²) >= 11 is 0. The third-order valence-corrected chi connectivity index (χ3v) is 6.59. The number of rotatable bonds is 10. The van der Waals surface area contributed by atoms with Crippen LogP contribution in [0.1, 0.15) is 30.5 Å². The molecule has 1 N–H and O–H groups in total. The second kappa shape index (κ2) is 10.9. The minimum absolute atomic E-state index is 0.0324. The van der Waals surface area contributed by atoms with E-state index in [1.807, 2.05) is 0 Å². The van der Waals surface area contributed by atoms with Crippen molar-refractivity contribution in [3.8, 4) is 5.75 Å². The van der Waals surface area contributed by atoms with Crippen LogP contribution in [-0.4, -0.2) is 26.0 Å². The number of benzene rings is 2. The number of nitrogens with zero attached hydrogens (tertiary/aromatic N) is 1. The third kappa shape index (κ3) is 6.69. The second-order valence-electron chi connectivity index (χ2n) is 8.24. The van der Waals surface area contributed by atoms with Crippen LogP contribution < -0.4 is 9.04 Å². The van der Waals surface area contributed by atoms with Crippen LogP contribution in [0.3, 0.4) is 0 Å². The molecule has 3 aromatic rings. The summed E-state index contributed by atoms with van der Waals surface area (Å²) in [6, 6.07) is 11.8.